The molecule has 106 valence electrons. The predicted octanol–water partition coefficient (Wildman–Crippen LogP) is 2.19. The van der Waals surface area contributed by atoms with Crippen molar-refractivity contribution in [2.45, 2.75) is 50.8 Å². The van der Waals surface area contributed by atoms with Gasteiger partial charge in [0.2, 0.25) is 0 Å². The van der Waals surface area contributed by atoms with Crippen LogP contribution in [-0.4, -0.2) is 67.2 Å². The van der Waals surface area contributed by atoms with Gasteiger partial charge in [-0.2, -0.15) is 0 Å². The summed E-state index contributed by atoms with van der Waals surface area (Å²) < 4.78 is 5.70. The Morgan fingerprint density at radius 1 is 1.33 bits per heavy atom. The Kier molecular flexibility index (Phi) is 5.74. The van der Waals surface area contributed by atoms with Crippen molar-refractivity contribution in [1.29, 1.82) is 0 Å². The van der Waals surface area contributed by atoms with Crippen molar-refractivity contribution >= 4 is 11.6 Å². The van der Waals surface area contributed by atoms with Gasteiger partial charge in [-0.3, -0.25) is 4.90 Å². The zero-order valence-corrected chi connectivity index (χ0v) is 12.5. The van der Waals surface area contributed by atoms with Crippen LogP contribution in [0.4, 0.5) is 0 Å². The molecule has 0 aromatic heterocycles. The van der Waals surface area contributed by atoms with Crippen molar-refractivity contribution in [3.63, 3.8) is 0 Å². The number of halogens is 1. The Balaban J connectivity index is 1.77. The number of likely N-dealkylation sites (tertiary alicyclic amines) is 1. The summed E-state index contributed by atoms with van der Waals surface area (Å²) >= 11 is 5.91. The second kappa shape index (κ2) is 7.09. The third-order valence-corrected chi connectivity index (χ3v) is 4.82. The van der Waals surface area contributed by atoms with Crippen molar-refractivity contribution in [3.05, 3.63) is 0 Å². The molecule has 2 fully saturated rings. The minimum Gasteiger partial charge on any atom is -0.374 e. The van der Waals surface area contributed by atoms with E-state index in [-0.39, 0.29) is 6.10 Å². The van der Waals surface area contributed by atoms with Crippen LogP contribution >= 0.6 is 11.6 Å². The molecule has 2 aliphatic heterocycles. The summed E-state index contributed by atoms with van der Waals surface area (Å²) in [5, 5.41) is 0. The summed E-state index contributed by atoms with van der Waals surface area (Å²) in [5.74, 6) is 0.618. The lowest BCUT2D eigenvalue weighted by Gasteiger charge is -2.39. The van der Waals surface area contributed by atoms with E-state index in [4.69, 9.17) is 16.3 Å². The molecule has 0 aromatic rings. The Morgan fingerprint density at radius 2 is 2.17 bits per heavy atom. The average molecular weight is 275 g/mol. The quantitative estimate of drug-likeness (QED) is 0.731. The molecule has 2 rings (SSSR count). The SMILES string of the molecule is CC1COC(CCl)CN1CCC1CCCCN1C. The van der Waals surface area contributed by atoms with Crippen molar-refractivity contribution in [2.75, 3.05) is 39.2 Å². The van der Waals surface area contributed by atoms with E-state index in [2.05, 4.69) is 23.8 Å². The number of hydrogen-bond acceptors (Lipinski definition) is 3. The lowest BCUT2D eigenvalue weighted by molar-refractivity contribution is -0.0501. The lowest BCUT2D eigenvalue weighted by atomic mass is 9.99. The molecule has 18 heavy (non-hydrogen) atoms. The van der Waals surface area contributed by atoms with Crippen LogP contribution in [0.25, 0.3) is 0 Å². The minimum absolute atomic E-state index is 0.229. The molecule has 2 heterocycles. The molecule has 0 N–H and O–H groups in total. The van der Waals surface area contributed by atoms with Crippen LogP contribution in [0.3, 0.4) is 0 Å². The van der Waals surface area contributed by atoms with Crippen LogP contribution < -0.4 is 0 Å². The molecule has 0 saturated carbocycles. The normalized spacial score (nSPS) is 35.8. The van der Waals surface area contributed by atoms with Gasteiger partial charge in [0.1, 0.15) is 0 Å². The van der Waals surface area contributed by atoms with Crippen LogP contribution in [0.2, 0.25) is 0 Å². The van der Waals surface area contributed by atoms with Crippen molar-refractivity contribution < 1.29 is 4.74 Å². The van der Waals surface area contributed by atoms with E-state index in [9.17, 15) is 0 Å². The second-order valence-corrected chi connectivity index (χ2v) is 6.18. The van der Waals surface area contributed by atoms with Crippen LogP contribution in [-0.2, 0) is 4.74 Å². The fraction of sp³-hybridized carbons (Fsp3) is 1.00. The number of morpholine rings is 1. The number of piperidine rings is 1. The first-order chi connectivity index (χ1) is 8.70. The van der Waals surface area contributed by atoms with Gasteiger partial charge in [0.25, 0.3) is 0 Å². The Hall–Kier alpha value is 0.170. The molecule has 0 aromatic carbocycles. The highest BCUT2D eigenvalue weighted by molar-refractivity contribution is 6.18. The first kappa shape index (κ1) is 14.6. The summed E-state index contributed by atoms with van der Waals surface area (Å²) in [6.45, 7) is 6.55. The highest BCUT2D eigenvalue weighted by Crippen LogP contribution is 2.20. The molecular formula is C14H27ClN2O. The van der Waals surface area contributed by atoms with Gasteiger partial charge in [-0.1, -0.05) is 6.42 Å². The van der Waals surface area contributed by atoms with Crippen LogP contribution in [0, 0.1) is 0 Å². The third kappa shape index (κ3) is 3.83. The van der Waals surface area contributed by atoms with Crippen molar-refractivity contribution in [2.24, 2.45) is 0 Å². The monoisotopic (exact) mass is 274 g/mol. The third-order valence-electron chi connectivity index (χ3n) is 4.48. The fourth-order valence-electron chi connectivity index (χ4n) is 3.10. The van der Waals surface area contributed by atoms with Crippen LogP contribution in [0.5, 0.6) is 0 Å². The molecule has 0 amide bonds. The zero-order valence-electron chi connectivity index (χ0n) is 11.8. The van der Waals surface area contributed by atoms with E-state index in [1.54, 1.807) is 0 Å². The summed E-state index contributed by atoms with van der Waals surface area (Å²) in [6, 6.07) is 1.32. The van der Waals surface area contributed by atoms with Gasteiger partial charge < -0.3 is 9.64 Å². The molecule has 3 nitrogen and oxygen atoms in total. The maximum atomic E-state index is 5.91. The summed E-state index contributed by atoms with van der Waals surface area (Å²) in [6.07, 6.45) is 5.66. The number of alkyl halides is 1. The van der Waals surface area contributed by atoms with Gasteiger partial charge in [-0.15, -0.1) is 11.6 Å². The molecule has 3 atom stereocenters. The first-order valence-corrected chi connectivity index (χ1v) is 7.86. The Labute approximate surface area is 116 Å². The molecule has 3 unspecified atom stereocenters. The molecule has 4 heteroatoms. The second-order valence-electron chi connectivity index (χ2n) is 5.87. The number of nitrogens with zero attached hydrogens (tertiary/aromatic N) is 2. The molecule has 0 spiro atoms. The summed E-state index contributed by atoms with van der Waals surface area (Å²) in [7, 11) is 2.27. The molecular weight excluding hydrogens is 248 g/mol. The largest absolute Gasteiger partial charge is 0.374 e. The lowest BCUT2D eigenvalue weighted by Crippen LogP contribution is -2.50. The Morgan fingerprint density at radius 3 is 2.89 bits per heavy atom. The van der Waals surface area contributed by atoms with Crippen molar-refractivity contribution in [3.8, 4) is 0 Å². The van der Waals surface area contributed by atoms with E-state index < -0.39 is 0 Å². The topological polar surface area (TPSA) is 15.7 Å². The predicted molar refractivity (Wildman–Crippen MR) is 76.4 cm³/mol. The molecule has 2 saturated heterocycles. The van der Waals surface area contributed by atoms with Gasteiger partial charge in [0, 0.05) is 31.1 Å². The van der Waals surface area contributed by atoms with E-state index >= 15 is 0 Å². The minimum atomic E-state index is 0.229. The molecule has 0 aliphatic carbocycles. The van der Waals surface area contributed by atoms with Crippen LogP contribution in [0.15, 0.2) is 0 Å². The van der Waals surface area contributed by atoms with Gasteiger partial charge in [-0.05, 0) is 39.8 Å². The van der Waals surface area contributed by atoms with E-state index in [1.165, 1.54) is 38.8 Å². The average Bonchev–Trinajstić information content (AvgIpc) is 2.39. The first-order valence-electron chi connectivity index (χ1n) is 7.32. The smallest absolute Gasteiger partial charge is 0.0837 e. The molecule has 2 aliphatic rings. The number of ether oxygens (including phenoxy) is 1. The summed E-state index contributed by atoms with van der Waals surface area (Å²) in [5.41, 5.74) is 0. The number of hydrogen-bond donors (Lipinski definition) is 0. The zero-order chi connectivity index (χ0) is 13.0. The van der Waals surface area contributed by atoms with Gasteiger partial charge >= 0.3 is 0 Å². The van der Waals surface area contributed by atoms with Gasteiger partial charge in [0.05, 0.1) is 12.7 Å². The summed E-state index contributed by atoms with van der Waals surface area (Å²) in [4.78, 5) is 5.09. The highest BCUT2D eigenvalue weighted by atomic mass is 35.5. The van der Waals surface area contributed by atoms with Crippen LogP contribution in [0.1, 0.15) is 32.6 Å². The maximum Gasteiger partial charge on any atom is 0.0837 e. The van der Waals surface area contributed by atoms with E-state index in [0.717, 1.165) is 19.2 Å². The molecule has 0 radical (unpaired) electrons. The molecule has 0 bridgehead atoms. The fourth-order valence-corrected chi connectivity index (χ4v) is 3.29. The standard InChI is InChI=1S/C14H27ClN2O/c1-12-11-18-14(9-15)10-17(12)8-6-13-5-3-4-7-16(13)2/h12-14H,3-11H2,1-2H3. The van der Waals surface area contributed by atoms with E-state index in [1.807, 2.05) is 0 Å². The Bertz CT molecular complexity index is 252. The van der Waals surface area contributed by atoms with E-state index in [0.29, 0.717) is 11.9 Å². The van der Waals surface area contributed by atoms with Gasteiger partial charge in [0.15, 0.2) is 0 Å². The highest BCUT2D eigenvalue weighted by Gasteiger charge is 2.27. The number of rotatable bonds is 4. The van der Waals surface area contributed by atoms with Crippen molar-refractivity contribution in [1.82, 2.24) is 9.80 Å². The van der Waals surface area contributed by atoms with Gasteiger partial charge in [-0.25, -0.2) is 0 Å². The maximum absolute atomic E-state index is 5.91.